The fourth-order valence-electron chi connectivity index (χ4n) is 2.52. The maximum Gasteiger partial charge on any atom is 0.435 e. The van der Waals surface area contributed by atoms with Gasteiger partial charge in [0.15, 0.2) is 5.69 Å². The van der Waals surface area contributed by atoms with Gasteiger partial charge in [-0.2, -0.15) is 23.4 Å². The van der Waals surface area contributed by atoms with Gasteiger partial charge in [-0.25, -0.2) is 0 Å². The summed E-state index contributed by atoms with van der Waals surface area (Å²) in [5.41, 5.74) is -0.336. The molecule has 1 aliphatic carbocycles. The third-order valence-corrected chi connectivity index (χ3v) is 4.11. The van der Waals surface area contributed by atoms with Crippen LogP contribution in [0.2, 0.25) is 5.02 Å². The van der Waals surface area contributed by atoms with Crippen LogP contribution in [0.25, 0.3) is 0 Å². The van der Waals surface area contributed by atoms with Crippen molar-refractivity contribution in [1.82, 2.24) is 24.9 Å². The zero-order chi connectivity index (χ0) is 18.0. The van der Waals surface area contributed by atoms with E-state index in [2.05, 4.69) is 15.5 Å². The second kappa shape index (κ2) is 7.07. The van der Waals surface area contributed by atoms with E-state index in [0.717, 1.165) is 18.9 Å². The number of carbonyl (C=O) groups is 1. The van der Waals surface area contributed by atoms with Crippen LogP contribution in [-0.2, 0) is 24.1 Å². The lowest BCUT2D eigenvalue weighted by molar-refractivity contribution is -0.141. The Morgan fingerprint density at radius 1 is 1.36 bits per heavy atom. The second-order valence-electron chi connectivity index (χ2n) is 5.97. The summed E-state index contributed by atoms with van der Waals surface area (Å²) >= 11 is 5.74. The molecule has 1 aliphatic rings. The van der Waals surface area contributed by atoms with Crippen molar-refractivity contribution in [3.8, 4) is 0 Å². The Morgan fingerprint density at radius 3 is 2.72 bits per heavy atom. The summed E-state index contributed by atoms with van der Waals surface area (Å²) in [5, 5.41) is 10.8. The number of nitrogens with zero attached hydrogens (tertiary/aromatic N) is 4. The van der Waals surface area contributed by atoms with Gasteiger partial charge < -0.3 is 5.32 Å². The molecule has 136 valence electrons. The highest BCUT2D eigenvalue weighted by Gasteiger charge is 2.37. The molecule has 0 aromatic carbocycles. The van der Waals surface area contributed by atoms with E-state index in [4.69, 9.17) is 11.6 Å². The molecule has 2 heterocycles. The van der Waals surface area contributed by atoms with Crippen molar-refractivity contribution >= 4 is 17.5 Å². The highest BCUT2D eigenvalue weighted by Crippen LogP contribution is 2.42. The van der Waals surface area contributed by atoms with Gasteiger partial charge in [-0.3, -0.25) is 14.2 Å². The molecule has 1 N–H and O–H groups in total. The Morgan fingerprint density at radius 2 is 2.12 bits per heavy atom. The minimum absolute atomic E-state index is 0.0680. The van der Waals surface area contributed by atoms with Gasteiger partial charge in [0.2, 0.25) is 5.91 Å². The number of hydrogen-bond acceptors (Lipinski definition) is 3. The molecule has 0 aliphatic heterocycles. The zero-order valence-electron chi connectivity index (χ0n) is 13.3. The Hall–Kier alpha value is -2.03. The molecule has 1 saturated carbocycles. The molecule has 2 aromatic heterocycles. The molecule has 0 radical (unpaired) electrons. The van der Waals surface area contributed by atoms with E-state index < -0.39 is 11.9 Å². The molecule has 1 fully saturated rings. The topological polar surface area (TPSA) is 64.7 Å². The first-order valence-electron chi connectivity index (χ1n) is 7.92. The Balaban J connectivity index is 1.50. The Bertz CT molecular complexity index is 751. The predicted octanol–water partition coefficient (Wildman–Crippen LogP) is 2.84. The van der Waals surface area contributed by atoms with Gasteiger partial charge in [-0.05, 0) is 18.9 Å². The molecule has 3 rings (SSSR count). The van der Waals surface area contributed by atoms with Crippen LogP contribution < -0.4 is 5.32 Å². The number of hydrogen-bond donors (Lipinski definition) is 1. The van der Waals surface area contributed by atoms with Gasteiger partial charge in [-0.1, -0.05) is 11.6 Å². The minimum atomic E-state index is -4.47. The molecule has 25 heavy (non-hydrogen) atoms. The lowest BCUT2D eigenvalue weighted by Gasteiger charge is -2.08. The number of alkyl halides is 3. The largest absolute Gasteiger partial charge is 0.435 e. The summed E-state index contributed by atoms with van der Waals surface area (Å²) in [5.74, 6) is -0.125. The molecule has 6 nitrogen and oxygen atoms in total. The highest BCUT2D eigenvalue weighted by molar-refractivity contribution is 6.30. The standard InChI is InChI=1S/C15H17ClF3N5O/c16-11-8-21-23(9-11)6-4-20-14(25)3-5-24-12(10-1-2-10)7-13(22-24)15(17,18)19/h7-10H,1-6H2,(H,20,25). The molecule has 0 bridgehead atoms. The summed E-state index contributed by atoms with van der Waals surface area (Å²) in [6.45, 7) is 0.951. The van der Waals surface area contributed by atoms with Crippen LogP contribution in [0.3, 0.4) is 0 Å². The lowest BCUT2D eigenvalue weighted by Crippen LogP contribution is -2.28. The summed E-state index contributed by atoms with van der Waals surface area (Å²) in [6, 6.07) is 1.09. The van der Waals surface area contributed by atoms with Crippen molar-refractivity contribution in [2.75, 3.05) is 6.54 Å². The third-order valence-electron chi connectivity index (χ3n) is 3.91. The van der Waals surface area contributed by atoms with E-state index in [9.17, 15) is 18.0 Å². The van der Waals surface area contributed by atoms with Gasteiger partial charge in [0.1, 0.15) is 0 Å². The fraction of sp³-hybridized carbons (Fsp3) is 0.533. The first-order valence-corrected chi connectivity index (χ1v) is 8.30. The van der Waals surface area contributed by atoms with Crippen molar-refractivity contribution in [2.24, 2.45) is 0 Å². The summed E-state index contributed by atoms with van der Waals surface area (Å²) in [4.78, 5) is 11.9. The van der Waals surface area contributed by atoms with Crippen LogP contribution in [0, 0.1) is 0 Å². The molecule has 0 saturated heterocycles. The first kappa shape index (κ1) is 17.8. The van der Waals surface area contributed by atoms with Crippen LogP contribution in [0.5, 0.6) is 0 Å². The van der Waals surface area contributed by atoms with Crippen LogP contribution >= 0.6 is 11.6 Å². The molecule has 0 unspecified atom stereocenters. The van der Waals surface area contributed by atoms with Crippen molar-refractivity contribution in [1.29, 1.82) is 0 Å². The van der Waals surface area contributed by atoms with Gasteiger partial charge >= 0.3 is 6.18 Å². The van der Waals surface area contributed by atoms with Gasteiger partial charge in [0.25, 0.3) is 0 Å². The van der Waals surface area contributed by atoms with E-state index >= 15 is 0 Å². The number of aryl methyl sites for hydroxylation is 1. The Labute approximate surface area is 146 Å². The van der Waals surface area contributed by atoms with Crippen molar-refractivity contribution in [3.63, 3.8) is 0 Å². The van der Waals surface area contributed by atoms with Crippen molar-refractivity contribution < 1.29 is 18.0 Å². The van der Waals surface area contributed by atoms with Gasteiger partial charge in [-0.15, -0.1) is 0 Å². The molecule has 0 spiro atoms. The van der Waals surface area contributed by atoms with Crippen LogP contribution in [0.1, 0.15) is 36.6 Å². The van der Waals surface area contributed by atoms with Crippen LogP contribution in [0.4, 0.5) is 13.2 Å². The Kier molecular flexibility index (Phi) is 5.03. The maximum absolute atomic E-state index is 12.8. The zero-order valence-corrected chi connectivity index (χ0v) is 14.0. The van der Waals surface area contributed by atoms with Gasteiger partial charge in [0.05, 0.1) is 17.8 Å². The minimum Gasteiger partial charge on any atom is -0.354 e. The number of carbonyl (C=O) groups excluding carboxylic acids is 1. The number of nitrogens with one attached hydrogen (secondary N) is 1. The first-order chi connectivity index (χ1) is 11.8. The van der Waals surface area contributed by atoms with Gasteiger partial charge in [0, 0.05) is 37.3 Å². The number of amides is 1. The van der Waals surface area contributed by atoms with Crippen molar-refractivity contribution in [3.05, 3.63) is 34.9 Å². The molecular formula is C15H17ClF3N5O. The third kappa shape index (κ3) is 4.75. The summed E-state index contributed by atoms with van der Waals surface area (Å²) in [6.07, 6.45) is 0.459. The van der Waals surface area contributed by atoms with Crippen molar-refractivity contribution in [2.45, 2.75) is 44.4 Å². The quantitative estimate of drug-likeness (QED) is 0.809. The fourth-order valence-corrected chi connectivity index (χ4v) is 2.68. The van der Waals surface area contributed by atoms with E-state index in [0.29, 0.717) is 23.8 Å². The molecule has 2 aromatic rings. The van der Waals surface area contributed by atoms with E-state index in [1.54, 1.807) is 10.9 Å². The maximum atomic E-state index is 12.8. The normalized spacial score (nSPS) is 14.7. The predicted molar refractivity (Wildman–Crippen MR) is 84.1 cm³/mol. The SMILES string of the molecule is O=C(CCn1nc(C(F)(F)F)cc1C1CC1)NCCn1cc(Cl)cn1. The smallest absolute Gasteiger partial charge is 0.354 e. The lowest BCUT2D eigenvalue weighted by atomic mass is 10.2. The second-order valence-corrected chi connectivity index (χ2v) is 6.41. The molecular weight excluding hydrogens is 359 g/mol. The summed E-state index contributed by atoms with van der Waals surface area (Å²) < 4.78 is 41.4. The van der Waals surface area contributed by atoms with Crippen LogP contribution in [-0.4, -0.2) is 32.0 Å². The molecule has 0 atom stereocenters. The highest BCUT2D eigenvalue weighted by atomic mass is 35.5. The average Bonchev–Trinajstić information content (AvgIpc) is 3.14. The molecule has 1 amide bonds. The van der Waals surface area contributed by atoms with E-state index in [1.807, 2.05) is 0 Å². The average molecular weight is 376 g/mol. The van der Waals surface area contributed by atoms with E-state index in [-0.39, 0.29) is 24.8 Å². The summed E-state index contributed by atoms with van der Waals surface area (Å²) in [7, 11) is 0. The molecule has 10 heteroatoms. The number of rotatable bonds is 7. The number of aromatic nitrogens is 4. The van der Waals surface area contributed by atoms with Crippen LogP contribution in [0.15, 0.2) is 18.5 Å². The van der Waals surface area contributed by atoms with E-state index in [1.165, 1.54) is 10.9 Å². The number of halogens is 4. The monoisotopic (exact) mass is 375 g/mol.